The van der Waals surface area contributed by atoms with Crippen LogP contribution in [0.25, 0.3) is 10.9 Å². The number of hydrogen-bond donors (Lipinski definition) is 1. The van der Waals surface area contributed by atoms with Gasteiger partial charge in [-0.3, -0.25) is 10.1 Å². The summed E-state index contributed by atoms with van der Waals surface area (Å²) in [6.45, 7) is 4.14. The van der Waals surface area contributed by atoms with Gasteiger partial charge in [-0.05, 0) is 44.6 Å². The van der Waals surface area contributed by atoms with Crippen molar-refractivity contribution in [3.8, 4) is 0 Å². The molecule has 0 unspecified atom stereocenters. The molecular formula is C12H15N3. The van der Waals surface area contributed by atoms with Gasteiger partial charge in [-0.2, -0.15) is 5.10 Å². The molecule has 0 aliphatic heterocycles. The minimum atomic E-state index is 0.873. The van der Waals surface area contributed by atoms with E-state index in [2.05, 4.69) is 29.0 Å². The van der Waals surface area contributed by atoms with E-state index < -0.39 is 0 Å². The van der Waals surface area contributed by atoms with Crippen LogP contribution in [0.15, 0.2) is 6.20 Å². The molecule has 0 spiro atoms. The third-order valence-corrected chi connectivity index (χ3v) is 3.20. The highest BCUT2D eigenvalue weighted by molar-refractivity contribution is 5.85. The number of aryl methyl sites for hydroxylation is 2. The number of H-pyrrole nitrogens is 1. The van der Waals surface area contributed by atoms with Gasteiger partial charge < -0.3 is 0 Å². The van der Waals surface area contributed by atoms with E-state index in [1.807, 2.05) is 6.20 Å². The standard InChI is InChI=1S/C12H15N3/c1-7-6-13-10(5-9-3-4-9)11-8(2)14-15-12(7)11/h6,9H,3-5H2,1-2H3,(H,14,15). The van der Waals surface area contributed by atoms with Crippen LogP contribution in [0.2, 0.25) is 0 Å². The zero-order chi connectivity index (χ0) is 10.4. The van der Waals surface area contributed by atoms with Crippen LogP contribution in [-0.4, -0.2) is 15.2 Å². The van der Waals surface area contributed by atoms with Gasteiger partial charge in [0.2, 0.25) is 0 Å². The van der Waals surface area contributed by atoms with E-state index in [9.17, 15) is 0 Å². The number of fused-ring (bicyclic) bond motifs is 1. The van der Waals surface area contributed by atoms with Crippen LogP contribution in [0.1, 0.15) is 29.8 Å². The molecule has 1 N–H and O–H groups in total. The molecule has 0 saturated heterocycles. The van der Waals surface area contributed by atoms with Crippen LogP contribution in [0.3, 0.4) is 0 Å². The molecular weight excluding hydrogens is 186 g/mol. The molecule has 1 aliphatic rings. The second-order valence-electron chi connectivity index (χ2n) is 4.61. The average Bonchev–Trinajstić information content (AvgIpc) is 2.94. The third-order valence-electron chi connectivity index (χ3n) is 3.20. The van der Waals surface area contributed by atoms with E-state index in [-0.39, 0.29) is 0 Å². The Balaban J connectivity index is 2.19. The summed E-state index contributed by atoms with van der Waals surface area (Å²) in [5.74, 6) is 0.873. The predicted molar refractivity (Wildman–Crippen MR) is 59.8 cm³/mol. The van der Waals surface area contributed by atoms with Crippen molar-refractivity contribution in [2.45, 2.75) is 33.1 Å². The Bertz CT molecular complexity index is 509. The van der Waals surface area contributed by atoms with Crippen molar-refractivity contribution in [2.75, 3.05) is 0 Å². The predicted octanol–water partition coefficient (Wildman–Crippen LogP) is 2.53. The fourth-order valence-corrected chi connectivity index (χ4v) is 2.12. The molecule has 0 aromatic carbocycles. The monoisotopic (exact) mass is 201 g/mol. The lowest BCUT2D eigenvalue weighted by atomic mass is 10.1. The molecule has 78 valence electrons. The van der Waals surface area contributed by atoms with Crippen molar-refractivity contribution in [3.63, 3.8) is 0 Å². The number of hydrogen-bond acceptors (Lipinski definition) is 2. The Hall–Kier alpha value is -1.38. The van der Waals surface area contributed by atoms with Gasteiger partial charge in [0.1, 0.15) is 0 Å². The lowest BCUT2D eigenvalue weighted by molar-refractivity contribution is 0.811. The van der Waals surface area contributed by atoms with E-state index in [4.69, 9.17) is 0 Å². The molecule has 3 nitrogen and oxygen atoms in total. The van der Waals surface area contributed by atoms with Crippen LogP contribution >= 0.6 is 0 Å². The number of aromatic nitrogens is 3. The van der Waals surface area contributed by atoms with E-state index >= 15 is 0 Å². The number of pyridine rings is 1. The molecule has 0 bridgehead atoms. The Labute approximate surface area is 88.9 Å². The van der Waals surface area contributed by atoms with Gasteiger partial charge in [0.05, 0.1) is 11.2 Å². The SMILES string of the molecule is Cc1cnc(CC2CC2)c2c(C)[nH]nc12. The Morgan fingerprint density at radius 3 is 2.93 bits per heavy atom. The van der Waals surface area contributed by atoms with Crippen LogP contribution in [0, 0.1) is 19.8 Å². The first-order valence-corrected chi connectivity index (χ1v) is 5.55. The maximum Gasteiger partial charge on any atom is 0.0986 e. The first kappa shape index (κ1) is 8.89. The van der Waals surface area contributed by atoms with Crippen molar-refractivity contribution in [1.82, 2.24) is 15.2 Å². The second kappa shape index (κ2) is 3.05. The van der Waals surface area contributed by atoms with Gasteiger partial charge in [-0.25, -0.2) is 0 Å². The molecule has 2 aromatic heterocycles. The van der Waals surface area contributed by atoms with E-state index in [1.54, 1.807) is 0 Å². The highest BCUT2D eigenvalue weighted by Gasteiger charge is 2.24. The summed E-state index contributed by atoms with van der Waals surface area (Å²) in [6, 6.07) is 0. The van der Waals surface area contributed by atoms with E-state index in [0.717, 1.165) is 29.1 Å². The minimum absolute atomic E-state index is 0.873. The fraction of sp³-hybridized carbons (Fsp3) is 0.500. The van der Waals surface area contributed by atoms with Gasteiger partial charge in [0, 0.05) is 17.3 Å². The minimum Gasteiger partial charge on any atom is -0.282 e. The topological polar surface area (TPSA) is 41.6 Å². The summed E-state index contributed by atoms with van der Waals surface area (Å²) in [4.78, 5) is 4.56. The molecule has 0 radical (unpaired) electrons. The first-order chi connectivity index (χ1) is 7.25. The first-order valence-electron chi connectivity index (χ1n) is 5.55. The number of nitrogens with one attached hydrogen (secondary N) is 1. The molecule has 3 rings (SSSR count). The maximum absolute atomic E-state index is 4.56. The Morgan fingerprint density at radius 2 is 2.20 bits per heavy atom. The molecule has 2 aromatic rings. The van der Waals surface area contributed by atoms with Gasteiger partial charge in [0.25, 0.3) is 0 Å². The summed E-state index contributed by atoms with van der Waals surface area (Å²) in [5.41, 5.74) is 4.63. The quantitative estimate of drug-likeness (QED) is 0.811. The smallest absolute Gasteiger partial charge is 0.0986 e. The molecule has 1 fully saturated rings. The molecule has 2 heterocycles. The molecule has 1 aliphatic carbocycles. The second-order valence-corrected chi connectivity index (χ2v) is 4.61. The highest BCUT2D eigenvalue weighted by Crippen LogP contribution is 2.34. The van der Waals surface area contributed by atoms with Gasteiger partial charge in [0.15, 0.2) is 0 Å². The normalized spacial score (nSPS) is 16.1. The zero-order valence-corrected chi connectivity index (χ0v) is 9.17. The summed E-state index contributed by atoms with van der Waals surface area (Å²) in [5, 5.41) is 8.65. The molecule has 0 amide bonds. The number of rotatable bonds is 2. The summed E-state index contributed by atoms with van der Waals surface area (Å²) >= 11 is 0. The Kier molecular flexibility index (Phi) is 1.81. The molecule has 1 saturated carbocycles. The number of aromatic amines is 1. The van der Waals surface area contributed by atoms with Crippen LogP contribution in [0.4, 0.5) is 0 Å². The molecule has 15 heavy (non-hydrogen) atoms. The van der Waals surface area contributed by atoms with E-state index in [0.29, 0.717) is 0 Å². The van der Waals surface area contributed by atoms with E-state index in [1.165, 1.54) is 23.9 Å². The fourth-order valence-electron chi connectivity index (χ4n) is 2.12. The van der Waals surface area contributed by atoms with Crippen molar-refractivity contribution in [1.29, 1.82) is 0 Å². The molecule has 0 atom stereocenters. The Morgan fingerprint density at radius 1 is 1.40 bits per heavy atom. The van der Waals surface area contributed by atoms with Crippen molar-refractivity contribution in [3.05, 3.63) is 23.1 Å². The summed E-state index contributed by atoms with van der Waals surface area (Å²) < 4.78 is 0. The van der Waals surface area contributed by atoms with Crippen molar-refractivity contribution < 1.29 is 0 Å². The van der Waals surface area contributed by atoms with Gasteiger partial charge in [-0.15, -0.1) is 0 Å². The lowest BCUT2D eigenvalue weighted by Crippen LogP contribution is -1.94. The van der Waals surface area contributed by atoms with Gasteiger partial charge in [-0.1, -0.05) is 0 Å². The van der Waals surface area contributed by atoms with Crippen LogP contribution in [-0.2, 0) is 6.42 Å². The maximum atomic E-state index is 4.56. The van der Waals surface area contributed by atoms with Gasteiger partial charge >= 0.3 is 0 Å². The van der Waals surface area contributed by atoms with Crippen molar-refractivity contribution in [2.24, 2.45) is 5.92 Å². The summed E-state index contributed by atoms with van der Waals surface area (Å²) in [7, 11) is 0. The zero-order valence-electron chi connectivity index (χ0n) is 9.17. The number of nitrogens with zero attached hydrogens (tertiary/aromatic N) is 2. The lowest BCUT2D eigenvalue weighted by Gasteiger charge is -2.03. The average molecular weight is 201 g/mol. The van der Waals surface area contributed by atoms with Crippen molar-refractivity contribution >= 4 is 10.9 Å². The van der Waals surface area contributed by atoms with Crippen LogP contribution < -0.4 is 0 Å². The highest BCUT2D eigenvalue weighted by atomic mass is 15.1. The molecule has 3 heteroatoms. The van der Waals surface area contributed by atoms with Crippen LogP contribution in [0.5, 0.6) is 0 Å². The summed E-state index contributed by atoms with van der Waals surface area (Å²) in [6.07, 6.45) is 5.80. The third kappa shape index (κ3) is 1.42. The largest absolute Gasteiger partial charge is 0.282 e.